The minimum atomic E-state index is 0.679. The SMILES string of the molecule is CCC1(CNCC2CCNC(C)C2)CCC1. The molecule has 2 rings (SSSR count). The summed E-state index contributed by atoms with van der Waals surface area (Å²) in [6, 6.07) is 0.726. The van der Waals surface area contributed by atoms with Gasteiger partial charge in [0.25, 0.3) is 0 Å². The van der Waals surface area contributed by atoms with Gasteiger partial charge in [-0.3, -0.25) is 0 Å². The molecule has 1 saturated heterocycles. The van der Waals surface area contributed by atoms with Gasteiger partial charge < -0.3 is 10.6 Å². The molecule has 2 heteroatoms. The molecular formula is C14H28N2. The molecule has 0 aromatic heterocycles. The number of rotatable bonds is 5. The van der Waals surface area contributed by atoms with Crippen molar-refractivity contribution in [2.45, 2.75) is 58.4 Å². The summed E-state index contributed by atoms with van der Waals surface area (Å²) in [6.45, 7) is 8.39. The van der Waals surface area contributed by atoms with E-state index in [4.69, 9.17) is 0 Å². The van der Waals surface area contributed by atoms with Crippen LogP contribution in [0, 0.1) is 11.3 Å². The van der Waals surface area contributed by atoms with Gasteiger partial charge in [0.1, 0.15) is 0 Å². The number of hydrogen-bond donors (Lipinski definition) is 2. The topological polar surface area (TPSA) is 24.1 Å². The zero-order chi connectivity index (χ0) is 11.4. The maximum absolute atomic E-state index is 3.74. The van der Waals surface area contributed by atoms with Gasteiger partial charge >= 0.3 is 0 Å². The lowest BCUT2D eigenvalue weighted by Crippen LogP contribution is -2.43. The minimum absolute atomic E-state index is 0.679. The van der Waals surface area contributed by atoms with Gasteiger partial charge in [-0.05, 0) is 63.5 Å². The van der Waals surface area contributed by atoms with Gasteiger partial charge in [0, 0.05) is 12.6 Å². The Hall–Kier alpha value is -0.0800. The highest BCUT2D eigenvalue weighted by Crippen LogP contribution is 2.43. The first-order chi connectivity index (χ1) is 7.74. The van der Waals surface area contributed by atoms with Crippen molar-refractivity contribution in [2.24, 2.45) is 11.3 Å². The van der Waals surface area contributed by atoms with E-state index in [-0.39, 0.29) is 0 Å². The summed E-state index contributed by atoms with van der Waals surface area (Å²) in [5.41, 5.74) is 0.679. The number of piperidine rings is 1. The summed E-state index contributed by atoms with van der Waals surface area (Å²) in [7, 11) is 0. The first-order valence-electron chi connectivity index (χ1n) is 7.18. The van der Waals surface area contributed by atoms with Crippen LogP contribution in [0.5, 0.6) is 0 Å². The van der Waals surface area contributed by atoms with E-state index in [1.807, 2.05) is 0 Å². The van der Waals surface area contributed by atoms with Gasteiger partial charge in [-0.1, -0.05) is 13.3 Å². The number of hydrogen-bond acceptors (Lipinski definition) is 2. The van der Waals surface area contributed by atoms with Crippen molar-refractivity contribution in [1.82, 2.24) is 10.6 Å². The Labute approximate surface area is 101 Å². The van der Waals surface area contributed by atoms with Crippen molar-refractivity contribution in [2.75, 3.05) is 19.6 Å². The summed E-state index contributed by atoms with van der Waals surface area (Å²) >= 11 is 0. The van der Waals surface area contributed by atoms with Gasteiger partial charge in [0.15, 0.2) is 0 Å². The Morgan fingerprint density at radius 1 is 1.38 bits per heavy atom. The highest BCUT2D eigenvalue weighted by atomic mass is 14.9. The molecule has 0 amide bonds. The zero-order valence-electron chi connectivity index (χ0n) is 11.0. The molecule has 16 heavy (non-hydrogen) atoms. The van der Waals surface area contributed by atoms with E-state index in [2.05, 4.69) is 24.5 Å². The molecule has 0 spiro atoms. The van der Waals surface area contributed by atoms with Crippen molar-refractivity contribution in [1.29, 1.82) is 0 Å². The molecule has 0 aromatic carbocycles. The van der Waals surface area contributed by atoms with Crippen LogP contribution in [0.1, 0.15) is 52.4 Å². The third-order valence-corrected chi connectivity index (χ3v) is 4.83. The summed E-state index contributed by atoms with van der Waals surface area (Å²) in [5, 5.41) is 7.27. The average Bonchev–Trinajstić information content (AvgIpc) is 2.22. The lowest BCUT2D eigenvalue weighted by atomic mass is 9.67. The summed E-state index contributed by atoms with van der Waals surface area (Å²) in [4.78, 5) is 0. The van der Waals surface area contributed by atoms with E-state index >= 15 is 0 Å². The predicted octanol–water partition coefficient (Wildman–Crippen LogP) is 2.54. The van der Waals surface area contributed by atoms with Crippen LogP contribution in [0.3, 0.4) is 0 Å². The van der Waals surface area contributed by atoms with E-state index in [0.29, 0.717) is 5.41 Å². The van der Waals surface area contributed by atoms with Gasteiger partial charge in [0.2, 0.25) is 0 Å². The molecule has 0 aromatic rings. The fraction of sp³-hybridized carbons (Fsp3) is 1.00. The third-order valence-electron chi connectivity index (χ3n) is 4.83. The minimum Gasteiger partial charge on any atom is -0.316 e. The monoisotopic (exact) mass is 224 g/mol. The van der Waals surface area contributed by atoms with Crippen LogP contribution in [-0.2, 0) is 0 Å². The summed E-state index contributed by atoms with van der Waals surface area (Å²) < 4.78 is 0. The van der Waals surface area contributed by atoms with Gasteiger partial charge in [0.05, 0.1) is 0 Å². The van der Waals surface area contributed by atoms with Crippen LogP contribution in [0.2, 0.25) is 0 Å². The molecule has 2 unspecified atom stereocenters. The maximum Gasteiger partial charge on any atom is 0.00418 e. The Morgan fingerprint density at radius 2 is 2.19 bits per heavy atom. The molecule has 1 heterocycles. The third kappa shape index (κ3) is 2.98. The highest BCUT2D eigenvalue weighted by Gasteiger charge is 2.34. The fourth-order valence-corrected chi connectivity index (χ4v) is 3.29. The van der Waals surface area contributed by atoms with Crippen molar-refractivity contribution >= 4 is 0 Å². The molecule has 1 aliphatic carbocycles. The van der Waals surface area contributed by atoms with E-state index in [1.165, 1.54) is 58.2 Å². The van der Waals surface area contributed by atoms with Gasteiger partial charge in [-0.2, -0.15) is 0 Å². The van der Waals surface area contributed by atoms with Crippen molar-refractivity contribution in [3.8, 4) is 0 Å². The zero-order valence-corrected chi connectivity index (χ0v) is 11.0. The molecule has 2 aliphatic rings. The molecule has 1 aliphatic heterocycles. The lowest BCUT2D eigenvalue weighted by molar-refractivity contribution is 0.120. The smallest absolute Gasteiger partial charge is 0.00418 e. The summed E-state index contributed by atoms with van der Waals surface area (Å²) in [5.74, 6) is 0.908. The first-order valence-corrected chi connectivity index (χ1v) is 7.18. The van der Waals surface area contributed by atoms with Gasteiger partial charge in [-0.15, -0.1) is 0 Å². The quantitative estimate of drug-likeness (QED) is 0.750. The molecule has 2 atom stereocenters. The average molecular weight is 224 g/mol. The molecule has 2 nitrogen and oxygen atoms in total. The highest BCUT2D eigenvalue weighted by molar-refractivity contribution is 4.88. The van der Waals surface area contributed by atoms with Crippen LogP contribution >= 0.6 is 0 Å². The van der Waals surface area contributed by atoms with E-state index < -0.39 is 0 Å². The second kappa shape index (κ2) is 5.50. The van der Waals surface area contributed by atoms with Crippen molar-refractivity contribution < 1.29 is 0 Å². The second-order valence-electron chi connectivity index (χ2n) is 6.08. The molecule has 94 valence electrons. The van der Waals surface area contributed by atoms with Crippen LogP contribution in [0.4, 0.5) is 0 Å². The molecule has 1 saturated carbocycles. The molecule has 0 radical (unpaired) electrons. The maximum atomic E-state index is 3.74. The number of nitrogens with one attached hydrogen (secondary N) is 2. The van der Waals surface area contributed by atoms with Crippen molar-refractivity contribution in [3.05, 3.63) is 0 Å². The Morgan fingerprint density at radius 3 is 2.75 bits per heavy atom. The van der Waals surface area contributed by atoms with Crippen LogP contribution in [-0.4, -0.2) is 25.7 Å². The van der Waals surface area contributed by atoms with Crippen LogP contribution in [0.15, 0.2) is 0 Å². The second-order valence-corrected chi connectivity index (χ2v) is 6.08. The molecule has 0 bridgehead atoms. The van der Waals surface area contributed by atoms with E-state index in [0.717, 1.165) is 12.0 Å². The largest absolute Gasteiger partial charge is 0.316 e. The molecular weight excluding hydrogens is 196 g/mol. The van der Waals surface area contributed by atoms with Crippen molar-refractivity contribution in [3.63, 3.8) is 0 Å². The molecule has 2 fully saturated rings. The normalized spacial score (nSPS) is 33.4. The lowest BCUT2D eigenvalue weighted by Gasteiger charge is -2.42. The standard InChI is InChI=1S/C14H28N2/c1-3-14(6-4-7-14)11-15-10-13-5-8-16-12(2)9-13/h12-13,15-16H,3-11H2,1-2H3. The Bertz CT molecular complexity index is 205. The van der Waals surface area contributed by atoms with E-state index in [9.17, 15) is 0 Å². The van der Waals surface area contributed by atoms with Crippen LogP contribution < -0.4 is 10.6 Å². The molecule has 2 N–H and O–H groups in total. The van der Waals surface area contributed by atoms with Gasteiger partial charge in [-0.25, -0.2) is 0 Å². The Kier molecular flexibility index (Phi) is 4.26. The van der Waals surface area contributed by atoms with Crippen LogP contribution in [0.25, 0.3) is 0 Å². The first kappa shape index (κ1) is 12.4. The fourth-order valence-electron chi connectivity index (χ4n) is 3.29. The van der Waals surface area contributed by atoms with E-state index in [1.54, 1.807) is 0 Å². The predicted molar refractivity (Wildman–Crippen MR) is 69.6 cm³/mol. The summed E-state index contributed by atoms with van der Waals surface area (Å²) in [6.07, 6.45) is 8.45. The Balaban J connectivity index is 1.63.